The number of rotatable bonds is 2. The number of esters is 1. The van der Waals surface area contributed by atoms with Gasteiger partial charge in [-0.1, -0.05) is 13.8 Å². The van der Waals surface area contributed by atoms with Gasteiger partial charge in [0.2, 0.25) is 0 Å². The van der Waals surface area contributed by atoms with Gasteiger partial charge in [0.25, 0.3) is 0 Å². The highest BCUT2D eigenvalue weighted by Gasteiger charge is 2.86. The van der Waals surface area contributed by atoms with Crippen molar-refractivity contribution in [2.24, 2.45) is 28.6 Å². The van der Waals surface area contributed by atoms with E-state index in [2.05, 4.69) is 13.8 Å². The van der Waals surface area contributed by atoms with Crippen LogP contribution in [-0.2, 0) is 14.3 Å². The third-order valence-electron chi connectivity index (χ3n) is 10.6. The third-order valence-corrected chi connectivity index (χ3v) is 10.6. The third kappa shape index (κ3) is 2.67. The fourth-order valence-corrected chi connectivity index (χ4v) is 9.06. The van der Waals surface area contributed by atoms with E-state index in [0.29, 0.717) is 18.3 Å². The lowest BCUT2D eigenvalue weighted by Crippen LogP contribution is -2.63. The first-order valence-electron chi connectivity index (χ1n) is 12.4. The number of fused-ring (bicyclic) bond motifs is 3. The van der Waals surface area contributed by atoms with Gasteiger partial charge in [0, 0.05) is 24.3 Å². The lowest BCUT2D eigenvalue weighted by Gasteiger charge is -2.62. The Balaban J connectivity index is 1.44. The van der Waals surface area contributed by atoms with E-state index in [9.17, 15) is 19.8 Å². The molecule has 180 valence electrons. The highest BCUT2D eigenvalue weighted by Crippen LogP contribution is 2.78. The van der Waals surface area contributed by atoms with Crippen LogP contribution >= 0.6 is 0 Å². The lowest BCUT2D eigenvalue weighted by atomic mass is 9.43. The van der Waals surface area contributed by atoms with Crippen molar-refractivity contribution in [2.75, 3.05) is 0 Å². The summed E-state index contributed by atoms with van der Waals surface area (Å²) in [5, 5.41) is 22.1. The van der Waals surface area contributed by atoms with Crippen molar-refractivity contribution in [3.05, 3.63) is 34.4 Å². The van der Waals surface area contributed by atoms with Crippen molar-refractivity contribution in [1.29, 1.82) is 0 Å². The number of hydrogen-bond donors (Lipinski definition) is 2. The van der Waals surface area contributed by atoms with Crippen LogP contribution in [0.4, 0.5) is 0 Å². The quantitative estimate of drug-likeness (QED) is 0.518. The molecule has 1 aromatic rings. The molecule has 0 bridgehead atoms. The van der Waals surface area contributed by atoms with Gasteiger partial charge in [0.15, 0.2) is 0 Å². The summed E-state index contributed by atoms with van der Waals surface area (Å²) in [6.45, 7) is 5.83. The van der Waals surface area contributed by atoms with Crippen LogP contribution < -0.4 is 5.63 Å². The SMILES string of the molecule is CC(=O)O[C@H]1[C@H]2O[C@]23[C@@H]2CCC4C[C@@H](O)CC[C@]4(C)[C@H]2C[C@@H](O)[C@]3(C)[C@H]1c1ccc(=O)oc1. The molecule has 0 aromatic carbocycles. The summed E-state index contributed by atoms with van der Waals surface area (Å²) in [6.07, 6.45) is 5.07. The Hall–Kier alpha value is -1.70. The Bertz CT molecular complexity index is 1020. The molecule has 4 saturated carbocycles. The molecular formula is C26H34O7. The van der Waals surface area contributed by atoms with Gasteiger partial charge >= 0.3 is 11.6 Å². The zero-order valence-corrected chi connectivity index (χ0v) is 19.5. The second kappa shape index (κ2) is 6.92. The Morgan fingerprint density at radius 1 is 1.12 bits per heavy atom. The molecule has 1 aliphatic heterocycles. The fraction of sp³-hybridized carbons (Fsp3) is 0.769. The Kier molecular flexibility index (Phi) is 4.57. The molecule has 5 aliphatic rings. The van der Waals surface area contributed by atoms with E-state index in [0.717, 1.165) is 37.7 Å². The molecule has 33 heavy (non-hydrogen) atoms. The maximum atomic E-state index is 12.1. The summed E-state index contributed by atoms with van der Waals surface area (Å²) in [6, 6.07) is 3.12. The van der Waals surface area contributed by atoms with Gasteiger partial charge in [-0.2, -0.15) is 0 Å². The predicted molar refractivity (Wildman–Crippen MR) is 117 cm³/mol. The Morgan fingerprint density at radius 3 is 2.61 bits per heavy atom. The molecule has 2 N–H and O–H groups in total. The van der Waals surface area contributed by atoms with E-state index >= 15 is 0 Å². The highest BCUT2D eigenvalue weighted by molar-refractivity contribution is 5.67. The average Bonchev–Trinajstić information content (AvgIpc) is 3.46. The second-order valence-corrected chi connectivity index (χ2v) is 11.7. The minimum absolute atomic E-state index is 0.0598. The molecule has 0 amide bonds. The Morgan fingerprint density at radius 2 is 1.91 bits per heavy atom. The molecule has 1 spiro atoms. The van der Waals surface area contributed by atoms with Crippen LogP contribution in [-0.4, -0.2) is 46.2 Å². The van der Waals surface area contributed by atoms with Crippen molar-refractivity contribution >= 4 is 5.97 Å². The molecule has 11 atom stereocenters. The topological polar surface area (TPSA) is 110 Å². The van der Waals surface area contributed by atoms with E-state index in [4.69, 9.17) is 13.9 Å². The number of carbonyl (C=O) groups is 1. The van der Waals surface area contributed by atoms with Crippen molar-refractivity contribution < 1.29 is 28.9 Å². The standard InChI is InChI=1S/C26H34O7/c1-13(27)32-22-21(14-4-7-20(30)31-12-14)25(3)19(29)11-18-17(26(25)23(22)33-26)6-5-15-10-16(28)8-9-24(15,18)2/h4,7,12,15-19,21-23,28-29H,5-6,8-11H2,1-3H3/t15?,16-,17+,18-,19+,21-,22+,23+,24-,25+,26+/m0/s1. The monoisotopic (exact) mass is 458 g/mol. The molecule has 1 aromatic heterocycles. The van der Waals surface area contributed by atoms with Crippen LogP contribution in [0.25, 0.3) is 0 Å². The molecule has 0 radical (unpaired) electrons. The first-order chi connectivity index (χ1) is 15.6. The molecular weight excluding hydrogens is 424 g/mol. The minimum Gasteiger partial charge on any atom is -0.459 e. The van der Waals surface area contributed by atoms with Crippen LogP contribution in [0.15, 0.2) is 27.6 Å². The van der Waals surface area contributed by atoms with E-state index in [1.165, 1.54) is 19.3 Å². The smallest absolute Gasteiger partial charge is 0.335 e. The highest BCUT2D eigenvalue weighted by atomic mass is 16.7. The van der Waals surface area contributed by atoms with Gasteiger partial charge in [0.05, 0.1) is 18.5 Å². The molecule has 1 unspecified atom stereocenters. The van der Waals surface area contributed by atoms with Gasteiger partial charge in [-0.15, -0.1) is 0 Å². The van der Waals surface area contributed by atoms with Gasteiger partial charge in [0.1, 0.15) is 17.8 Å². The first kappa shape index (κ1) is 21.8. The molecule has 1 saturated heterocycles. The molecule has 7 nitrogen and oxygen atoms in total. The van der Waals surface area contributed by atoms with Crippen molar-refractivity contribution in [2.45, 2.75) is 95.2 Å². The molecule has 4 aliphatic carbocycles. The normalized spacial score (nSPS) is 52.2. The van der Waals surface area contributed by atoms with Gasteiger partial charge in [-0.3, -0.25) is 4.79 Å². The Labute approximate surface area is 193 Å². The van der Waals surface area contributed by atoms with Crippen LogP contribution in [0.2, 0.25) is 0 Å². The predicted octanol–water partition coefficient (Wildman–Crippen LogP) is 2.77. The maximum absolute atomic E-state index is 12.1. The van der Waals surface area contributed by atoms with E-state index in [1.807, 2.05) is 0 Å². The minimum atomic E-state index is -0.670. The summed E-state index contributed by atoms with van der Waals surface area (Å²) in [5.74, 6) is 0.309. The van der Waals surface area contributed by atoms with E-state index in [-0.39, 0.29) is 35.4 Å². The number of hydrogen-bond acceptors (Lipinski definition) is 7. The van der Waals surface area contributed by atoms with Gasteiger partial charge < -0.3 is 24.1 Å². The van der Waals surface area contributed by atoms with Crippen LogP contribution in [0.1, 0.15) is 70.8 Å². The number of ether oxygens (including phenoxy) is 2. The zero-order chi connectivity index (χ0) is 23.3. The lowest BCUT2D eigenvalue weighted by molar-refractivity contribution is -0.190. The maximum Gasteiger partial charge on any atom is 0.335 e. The van der Waals surface area contributed by atoms with Crippen molar-refractivity contribution in [3.63, 3.8) is 0 Å². The van der Waals surface area contributed by atoms with Crippen LogP contribution in [0.3, 0.4) is 0 Å². The van der Waals surface area contributed by atoms with Gasteiger partial charge in [-0.25, -0.2) is 4.79 Å². The summed E-state index contributed by atoms with van der Waals surface area (Å²) < 4.78 is 17.6. The number of aliphatic hydroxyl groups is 2. The molecule has 6 rings (SSSR count). The summed E-state index contributed by atoms with van der Waals surface area (Å²) in [7, 11) is 0. The number of epoxide rings is 1. The molecule has 2 heterocycles. The van der Waals surface area contributed by atoms with Crippen molar-refractivity contribution in [3.8, 4) is 0 Å². The number of carbonyl (C=O) groups excluding carboxylic acids is 1. The first-order valence-corrected chi connectivity index (χ1v) is 12.4. The van der Waals surface area contributed by atoms with Crippen LogP contribution in [0.5, 0.6) is 0 Å². The largest absolute Gasteiger partial charge is 0.459 e. The molecule has 7 heteroatoms. The summed E-state index contributed by atoms with van der Waals surface area (Å²) in [4.78, 5) is 23.7. The van der Waals surface area contributed by atoms with E-state index < -0.39 is 28.8 Å². The second-order valence-electron chi connectivity index (χ2n) is 11.7. The summed E-state index contributed by atoms with van der Waals surface area (Å²) >= 11 is 0. The van der Waals surface area contributed by atoms with Gasteiger partial charge in [-0.05, 0) is 73.3 Å². The average molecular weight is 459 g/mol. The van der Waals surface area contributed by atoms with Crippen molar-refractivity contribution in [1.82, 2.24) is 0 Å². The number of aliphatic hydroxyl groups excluding tert-OH is 2. The molecule has 5 fully saturated rings. The summed E-state index contributed by atoms with van der Waals surface area (Å²) in [5.41, 5.74) is -0.852. The van der Waals surface area contributed by atoms with E-state index in [1.54, 1.807) is 6.07 Å². The van der Waals surface area contributed by atoms with Crippen LogP contribution in [0, 0.1) is 28.6 Å². The fourth-order valence-electron chi connectivity index (χ4n) is 9.06. The zero-order valence-electron chi connectivity index (χ0n) is 19.5.